The molecule has 1 fully saturated rings. The molecule has 33 heavy (non-hydrogen) atoms. The summed E-state index contributed by atoms with van der Waals surface area (Å²) in [7, 11) is 2.17. The van der Waals surface area contributed by atoms with Gasteiger partial charge in [-0.2, -0.15) is 5.10 Å². The molecule has 0 unspecified atom stereocenters. The summed E-state index contributed by atoms with van der Waals surface area (Å²) in [6, 6.07) is 17.6. The third-order valence-electron chi connectivity index (χ3n) is 6.09. The van der Waals surface area contributed by atoms with Crippen molar-refractivity contribution in [3.63, 3.8) is 0 Å². The fourth-order valence-electron chi connectivity index (χ4n) is 4.09. The quantitative estimate of drug-likeness (QED) is 0.485. The predicted molar refractivity (Wildman–Crippen MR) is 134 cm³/mol. The number of hydrogen-bond donors (Lipinski definition) is 1. The number of halogens is 1. The third kappa shape index (κ3) is 6.67. The predicted octanol–water partition coefficient (Wildman–Crippen LogP) is 4.01. The fraction of sp³-hybridized carbons (Fsp3) is 0.385. The van der Waals surface area contributed by atoms with Crippen LogP contribution in [-0.2, 0) is 6.54 Å². The number of piperazine rings is 1. The van der Waals surface area contributed by atoms with Gasteiger partial charge in [0.15, 0.2) is 0 Å². The highest BCUT2D eigenvalue weighted by Crippen LogP contribution is 2.24. The van der Waals surface area contributed by atoms with Crippen molar-refractivity contribution in [1.29, 1.82) is 0 Å². The molecule has 2 heterocycles. The summed E-state index contributed by atoms with van der Waals surface area (Å²) in [5.74, 6) is -0.0844. The van der Waals surface area contributed by atoms with E-state index >= 15 is 0 Å². The molecule has 1 N–H and O–H groups in total. The average Bonchev–Trinajstić information content (AvgIpc) is 3.25. The van der Waals surface area contributed by atoms with E-state index in [4.69, 9.17) is 16.7 Å². The normalized spacial score (nSPS) is 15.0. The molecule has 1 aliphatic rings. The molecule has 7 heteroatoms. The molecule has 2 aromatic carbocycles. The van der Waals surface area contributed by atoms with Gasteiger partial charge in [0, 0.05) is 49.5 Å². The van der Waals surface area contributed by atoms with Crippen molar-refractivity contribution in [2.75, 3.05) is 46.3 Å². The molecule has 6 nitrogen and oxygen atoms in total. The van der Waals surface area contributed by atoms with Crippen molar-refractivity contribution in [2.24, 2.45) is 0 Å². The van der Waals surface area contributed by atoms with Gasteiger partial charge in [0.1, 0.15) is 5.69 Å². The van der Waals surface area contributed by atoms with Crippen LogP contribution in [0.4, 0.5) is 0 Å². The Morgan fingerprint density at radius 2 is 1.73 bits per heavy atom. The Bertz CT molecular complexity index is 1030. The van der Waals surface area contributed by atoms with Crippen LogP contribution in [0.25, 0.3) is 11.3 Å². The first-order valence-corrected chi connectivity index (χ1v) is 12.0. The Morgan fingerprint density at radius 1 is 1.00 bits per heavy atom. The highest BCUT2D eigenvalue weighted by Gasteiger charge is 2.18. The number of benzene rings is 2. The highest BCUT2D eigenvalue weighted by atomic mass is 35.5. The van der Waals surface area contributed by atoms with Crippen LogP contribution >= 0.6 is 11.6 Å². The molecule has 0 spiro atoms. The molecular weight excluding hydrogens is 434 g/mol. The van der Waals surface area contributed by atoms with Crippen molar-refractivity contribution in [3.05, 3.63) is 76.9 Å². The standard InChI is InChI=1S/C26H32ClN5O/c1-30-15-17-31(18-16-30)14-6-5-13-28-26(33)24-20-32(19-21-7-3-2-4-8-21)29-25(24)22-9-11-23(27)12-10-22/h2-4,7-12,20H,5-6,13-19H2,1H3,(H,28,33). The fourth-order valence-corrected chi connectivity index (χ4v) is 4.22. The number of aromatic nitrogens is 2. The second-order valence-electron chi connectivity index (χ2n) is 8.69. The minimum absolute atomic E-state index is 0.0844. The first-order chi connectivity index (χ1) is 16.1. The lowest BCUT2D eigenvalue weighted by atomic mass is 10.1. The molecular formula is C26H32ClN5O. The number of amides is 1. The topological polar surface area (TPSA) is 53.4 Å². The lowest BCUT2D eigenvalue weighted by Gasteiger charge is -2.32. The van der Waals surface area contributed by atoms with Gasteiger partial charge in [0.25, 0.3) is 5.91 Å². The number of carbonyl (C=O) groups is 1. The van der Waals surface area contributed by atoms with Crippen LogP contribution < -0.4 is 5.32 Å². The SMILES string of the molecule is CN1CCN(CCCCNC(=O)c2cn(Cc3ccccc3)nc2-c2ccc(Cl)cc2)CC1. The molecule has 3 aromatic rings. The van der Waals surface area contributed by atoms with Gasteiger partial charge >= 0.3 is 0 Å². The Kier molecular flexibility index (Phi) is 8.15. The Hall–Kier alpha value is -2.67. The van der Waals surface area contributed by atoms with Crippen LogP contribution in [0.2, 0.25) is 5.02 Å². The number of carbonyl (C=O) groups excluding carboxylic acids is 1. The maximum atomic E-state index is 13.1. The van der Waals surface area contributed by atoms with E-state index in [0.717, 1.165) is 56.7 Å². The van der Waals surface area contributed by atoms with E-state index in [1.165, 1.54) is 0 Å². The van der Waals surface area contributed by atoms with Crippen LogP contribution in [0.1, 0.15) is 28.8 Å². The summed E-state index contributed by atoms with van der Waals surface area (Å²) in [6.45, 7) is 6.90. The maximum absolute atomic E-state index is 13.1. The summed E-state index contributed by atoms with van der Waals surface area (Å²) >= 11 is 6.06. The Labute approximate surface area is 201 Å². The summed E-state index contributed by atoms with van der Waals surface area (Å²) < 4.78 is 1.83. The van der Waals surface area contributed by atoms with Crippen molar-refractivity contribution in [2.45, 2.75) is 19.4 Å². The van der Waals surface area contributed by atoms with Crippen molar-refractivity contribution >= 4 is 17.5 Å². The van der Waals surface area contributed by atoms with Crippen LogP contribution in [0.3, 0.4) is 0 Å². The third-order valence-corrected chi connectivity index (χ3v) is 6.35. The molecule has 0 radical (unpaired) electrons. The summed E-state index contributed by atoms with van der Waals surface area (Å²) in [5.41, 5.74) is 3.29. The van der Waals surface area contributed by atoms with Gasteiger partial charge in [-0.25, -0.2) is 0 Å². The Balaban J connectivity index is 1.38. The summed E-state index contributed by atoms with van der Waals surface area (Å²) in [5, 5.41) is 8.50. The molecule has 4 rings (SSSR count). The van der Waals surface area contributed by atoms with E-state index < -0.39 is 0 Å². The van der Waals surface area contributed by atoms with E-state index in [9.17, 15) is 4.79 Å². The largest absolute Gasteiger partial charge is 0.352 e. The Morgan fingerprint density at radius 3 is 2.45 bits per heavy atom. The molecule has 1 aromatic heterocycles. The maximum Gasteiger partial charge on any atom is 0.255 e. The zero-order valence-electron chi connectivity index (χ0n) is 19.2. The van der Waals surface area contributed by atoms with E-state index in [1.807, 2.05) is 53.3 Å². The van der Waals surface area contributed by atoms with E-state index in [0.29, 0.717) is 29.4 Å². The number of rotatable bonds is 9. The lowest BCUT2D eigenvalue weighted by Crippen LogP contribution is -2.44. The van der Waals surface area contributed by atoms with E-state index in [1.54, 1.807) is 0 Å². The molecule has 0 atom stereocenters. The molecule has 1 aliphatic heterocycles. The number of likely N-dealkylation sites (N-methyl/N-ethyl adjacent to an activating group) is 1. The molecule has 0 aliphatic carbocycles. The average molecular weight is 466 g/mol. The van der Waals surface area contributed by atoms with Crippen molar-refractivity contribution < 1.29 is 4.79 Å². The minimum Gasteiger partial charge on any atom is -0.352 e. The number of nitrogens with one attached hydrogen (secondary N) is 1. The molecule has 0 bridgehead atoms. The zero-order valence-corrected chi connectivity index (χ0v) is 20.0. The number of nitrogens with zero attached hydrogens (tertiary/aromatic N) is 4. The first-order valence-electron chi connectivity index (χ1n) is 11.6. The minimum atomic E-state index is -0.0844. The van der Waals surface area contributed by atoms with Crippen LogP contribution in [-0.4, -0.2) is 71.8 Å². The monoisotopic (exact) mass is 465 g/mol. The lowest BCUT2D eigenvalue weighted by molar-refractivity contribution is 0.0952. The van der Waals surface area contributed by atoms with Crippen LogP contribution in [0.15, 0.2) is 60.8 Å². The number of unbranched alkanes of at least 4 members (excludes halogenated alkanes) is 1. The van der Waals surface area contributed by atoms with Crippen molar-refractivity contribution in [3.8, 4) is 11.3 Å². The van der Waals surface area contributed by atoms with Crippen molar-refractivity contribution in [1.82, 2.24) is 24.9 Å². The highest BCUT2D eigenvalue weighted by molar-refractivity contribution is 6.30. The summed E-state index contributed by atoms with van der Waals surface area (Å²) in [6.07, 6.45) is 3.89. The molecule has 1 amide bonds. The molecule has 0 saturated carbocycles. The van der Waals surface area contributed by atoms with Gasteiger partial charge in [-0.1, -0.05) is 54.1 Å². The smallest absolute Gasteiger partial charge is 0.255 e. The number of hydrogen-bond acceptors (Lipinski definition) is 4. The second-order valence-corrected chi connectivity index (χ2v) is 9.13. The van der Waals surface area contributed by atoms with Gasteiger partial charge < -0.3 is 15.1 Å². The van der Waals surface area contributed by atoms with E-state index in [-0.39, 0.29) is 5.91 Å². The van der Waals surface area contributed by atoms with E-state index in [2.05, 4.69) is 34.3 Å². The van der Waals surface area contributed by atoms with Gasteiger partial charge in [-0.15, -0.1) is 0 Å². The van der Waals surface area contributed by atoms with Crippen LogP contribution in [0, 0.1) is 0 Å². The molecule has 174 valence electrons. The first kappa shape index (κ1) is 23.5. The second kappa shape index (κ2) is 11.5. The van der Waals surface area contributed by atoms with Gasteiger partial charge in [0.2, 0.25) is 0 Å². The van der Waals surface area contributed by atoms with Crippen LogP contribution in [0.5, 0.6) is 0 Å². The zero-order chi connectivity index (χ0) is 23.0. The van der Waals surface area contributed by atoms with Gasteiger partial charge in [0.05, 0.1) is 12.1 Å². The summed E-state index contributed by atoms with van der Waals surface area (Å²) in [4.78, 5) is 17.9. The van der Waals surface area contributed by atoms with Gasteiger partial charge in [-0.05, 0) is 44.1 Å². The molecule has 1 saturated heterocycles. The van der Waals surface area contributed by atoms with Gasteiger partial charge in [-0.3, -0.25) is 9.48 Å².